The van der Waals surface area contributed by atoms with E-state index < -0.39 is 0 Å². The van der Waals surface area contributed by atoms with Crippen LogP contribution in [0.2, 0.25) is 0 Å². The molecule has 0 rings (SSSR count). The molecule has 0 fully saturated rings. The van der Waals surface area contributed by atoms with Crippen molar-refractivity contribution in [2.24, 2.45) is 0 Å². The molecule has 0 aromatic heterocycles. The van der Waals surface area contributed by atoms with Crippen LogP contribution in [0.4, 0.5) is 0 Å². The van der Waals surface area contributed by atoms with Crippen molar-refractivity contribution in [3.8, 4) is 0 Å². The van der Waals surface area contributed by atoms with E-state index in [2.05, 4.69) is 0 Å². The molecule has 0 unspecified atom stereocenters. The van der Waals surface area contributed by atoms with Gasteiger partial charge in [0.1, 0.15) is 0 Å². The van der Waals surface area contributed by atoms with Gasteiger partial charge in [0, 0.05) is 0 Å². The maximum absolute atomic E-state index is 6.00. The van der Waals surface area contributed by atoms with Gasteiger partial charge in [-0.3, -0.25) is 10.5 Å². The predicted octanol–water partition coefficient (Wildman–Crippen LogP) is 0.326. The van der Waals surface area contributed by atoms with Gasteiger partial charge in [0.25, 0.3) is 0 Å². The summed E-state index contributed by atoms with van der Waals surface area (Å²) in [5.74, 6) is 0. The zero-order valence-corrected chi connectivity index (χ0v) is 6.15. The summed E-state index contributed by atoms with van der Waals surface area (Å²) in [6.07, 6.45) is 0. The quantitative estimate of drug-likeness (QED) is 0.267. The first-order valence-electron chi connectivity index (χ1n) is 0.578. The van der Waals surface area contributed by atoms with Gasteiger partial charge < -0.3 is 0 Å². The van der Waals surface area contributed by atoms with Gasteiger partial charge in [-0.2, -0.15) is 0 Å². The Kier molecular flexibility index (Phi) is 48.8. The minimum atomic E-state index is 0.535. The van der Waals surface area contributed by atoms with Crippen LogP contribution in [0.15, 0.2) is 0 Å². The summed E-state index contributed by atoms with van der Waals surface area (Å²) in [7, 11) is 0. The standard InChI is InChI=1S/ClH.K.H2O2/c;;1-2/h1H;;1-2H/q;+1;/p-1. The van der Waals surface area contributed by atoms with E-state index in [4.69, 9.17) is 14.3 Å². The molecule has 0 radical (unpaired) electrons. The Morgan fingerprint density at radius 3 is 1.25 bits per heavy atom. The molecular formula is H2ClKO2. The van der Waals surface area contributed by atoms with Gasteiger partial charge in [-0.15, -0.1) is 0 Å². The second-order valence-electron chi connectivity index (χ2n) is 0. The fourth-order valence-corrected chi connectivity index (χ4v) is 0. The fraction of sp³-hybridized carbons (Fsp3) is 0. The van der Waals surface area contributed by atoms with Crippen LogP contribution in [0.1, 0.15) is 0 Å². The molecule has 0 bridgehead atoms. The molecule has 0 aromatic carbocycles. The summed E-state index contributed by atoms with van der Waals surface area (Å²) in [4.78, 5) is 0. The van der Waals surface area contributed by atoms with Crippen LogP contribution in [-0.2, 0) is 0 Å². The Balaban J connectivity index is 0. The summed E-state index contributed by atoms with van der Waals surface area (Å²) in [6.45, 7) is 0. The van der Waals surface area contributed by atoms with Gasteiger partial charge in [-0.05, 0) is 0 Å². The van der Waals surface area contributed by atoms with E-state index in [1.807, 2.05) is 0 Å². The molecule has 0 heterocycles. The molecule has 22 valence electrons. The second-order valence-corrected chi connectivity index (χ2v) is 0. The summed E-state index contributed by atoms with van der Waals surface area (Å²) < 4.78 is 4.83. The summed E-state index contributed by atoms with van der Waals surface area (Å²) in [5.41, 5.74) is 0. The van der Waals surface area contributed by atoms with Gasteiger partial charge in [-0.1, -0.05) is 0 Å². The topological polar surface area (TPSA) is 40.5 Å². The molecule has 4 heavy (non-hydrogen) atoms. The van der Waals surface area contributed by atoms with Gasteiger partial charge in [0.15, 0.2) is 0 Å². The Morgan fingerprint density at radius 2 is 1.25 bits per heavy atom. The van der Waals surface area contributed by atoms with Crippen molar-refractivity contribution in [2.45, 2.75) is 0 Å². The molecule has 0 amide bonds. The molecule has 0 aromatic rings. The average Bonchev–Trinajstić information content (AvgIpc) is 1.50. The van der Waals surface area contributed by atoms with E-state index in [-0.39, 0.29) is 0 Å². The molecule has 0 aliphatic rings. The van der Waals surface area contributed by atoms with Crippen molar-refractivity contribution in [1.29, 1.82) is 0 Å². The number of rotatable bonds is 0. The van der Waals surface area contributed by atoms with Crippen LogP contribution in [0.25, 0.3) is 0 Å². The van der Waals surface area contributed by atoms with E-state index in [1.54, 1.807) is 0 Å². The van der Waals surface area contributed by atoms with Gasteiger partial charge in [0.2, 0.25) is 0 Å². The normalized spacial score (nSPS) is 3.25. The Hall–Kier alpha value is 1.85. The Labute approximate surface area is 60.1 Å². The molecule has 0 saturated heterocycles. The molecule has 4 heteroatoms. The molecule has 0 spiro atoms. The first kappa shape index (κ1) is 9.28. The number of halogens is 1. The third-order valence-corrected chi connectivity index (χ3v) is 0. The first-order valence-corrected chi connectivity index (χ1v) is 4.88. The van der Waals surface area contributed by atoms with Crippen molar-refractivity contribution in [1.82, 2.24) is 0 Å². The zero-order valence-electron chi connectivity index (χ0n) is 2.27. The van der Waals surface area contributed by atoms with Gasteiger partial charge in [-0.25, -0.2) is 0 Å². The van der Waals surface area contributed by atoms with Gasteiger partial charge in [0.05, 0.1) is 0 Å². The first-order chi connectivity index (χ1) is 2.00. The summed E-state index contributed by atoms with van der Waals surface area (Å²) in [6, 6.07) is 0. The van der Waals surface area contributed by atoms with E-state index >= 15 is 0 Å². The molecule has 0 atom stereocenters. The summed E-state index contributed by atoms with van der Waals surface area (Å²) >= 11 is 0.535. The average molecular weight is 109 g/mol. The molecule has 0 aliphatic heterocycles. The van der Waals surface area contributed by atoms with Crippen molar-refractivity contribution >= 4 is 50.9 Å². The van der Waals surface area contributed by atoms with Crippen LogP contribution in [0.3, 0.4) is 0 Å². The van der Waals surface area contributed by atoms with E-state index in [9.17, 15) is 0 Å². The molecule has 2 N–H and O–H groups in total. The molecule has 2 nitrogen and oxygen atoms in total. The van der Waals surface area contributed by atoms with Gasteiger partial charge >= 0.3 is 50.9 Å². The molecule has 0 aliphatic carbocycles. The van der Waals surface area contributed by atoms with E-state index in [1.165, 1.54) is 0 Å². The van der Waals surface area contributed by atoms with E-state index in [0.717, 1.165) is 0 Å². The van der Waals surface area contributed by atoms with Crippen molar-refractivity contribution < 1.29 is 10.5 Å². The van der Waals surface area contributed by atoms with Crippen LogP contribution < -0.4 is 0 Å². The number of hydrogen-bond donors (Lipinski definition) is 2. The van der Waals surface area contributed by atoms with Crippen molar-refractivity contribution in [2.75, 3.05) is 0 Å². The molecule has 0 saturated carbocycles. The van der Waals surface area contributed by atoms with E-state index in [0.29, 0.717) is 47.1 Å². The van der Waals surface area contributed by atoms with Crippen LogP contribution >= 0.6 is 3.76 Å². The zero-order chi connectivity index (χ0) is 4.00. The predicted molar refractivity (Wildman–Crippen MR) is 16.9 cm³/mol. The third-order valence-electron chi connectivity index (χ3n) is 0. The van der Waals surface area contributed by atoms with Crippen molar-refractivity contribution in [3.63, 3.8) is 0 Å². The maximum atomic E-state index is 6.00. The molecular weight excluding hydrogens is 107 g/mol. The second kappa shape index (κ2) is 21.0. The number of hydrogen-bond acceptors (Lipinski definition) is 2. The monoisotopic (exact) mass is 108 g/mol. The van der Waals surface area contributed by atoms with Crippen molar-refractivity contribution in [3.05, 3.63) is 0 Å². The van der Waals surface area contributed by atoms with Crippen LogP contribution in [0.5, 0.6) is 0 Å². The van der Waals surface area contributed by atoms with Crippen LogP contribution in [-0.4, -0.2) is 57.7 Å². The Morgan fingerprint density at radius 1 is 1.25 bits per heavy atom. The summed E-state index contributed by atoms with van der Waals surface area (Å²) in [5, 5.41) is 12.0. The Bertz CT molecular complexity index is 6.00. The van der Waals surface area contributed by atoms with Crippen LogP contribution in [0, 0.1) is 0 Å². The fourth-order valence-electron chi connectivity index (χ4n) is 0. The minimum absolute atomic E-state index is 0.535. The SMILES string of the molecule is OO.[Cl][K]. The third kappa shape index (κ3) is 9.14.